The van der Waals surface area contributed by atoms with Crippen LogP contribution >= 0.6 is 0 Å². The quantitative estimate of drug-likeness (QED) is 0.579. The molecule has 162 valence electrons. The van der Waals surface area contributed by atoms with Crippen molar-refractivity contribution in [3.8, 4) is 22.9 Å². The van der Waals surface area contributed by atoms with Crippen LogP contribution in [0.1, 0.15) is 37.6 Å². The molecule has 1 unspecified atom stereocenters. The maximum atomic E-state index is 13.4. The van der Waals surface area contributed by atoms with Crippen LogP contribution in [0.3, 0.4) is 0 Å². The Labute approximate surface area is 179 Å². The van der Waals surface area contributed by atoms with Crippen LogP contribution in [0.15, 0.2) is 40.9 Å². The average molecular weight is 425 g/mol. The van der Waals surface area contributed by atoms with E-state index in [9.17, 15) is 9.18 Å². The van der Waals surface area contributed by atoms with Crippen molar-refractivity contribution in [1.82, 2.24) is 10.1 Å². The van der Waals surface area contributed by atoms with E-state index in [4.69, 9.17) is 14.0 Å². The summed E-state index contributed by atoms with van der Waals surface area (Å²) in [5.41, 5.74) is 2.12. The highest BCUT2D eigenvalue weighted by atomic mass is 19.1. The number of anilines is 1. The second-order valence-electron chi connectivity index (χ2n) is 7.82. The molecule has 0 N–H and O–H groups in total. The summed E-state index contributed by atoms with van der Waals surface area (Å²) in [4.78, 5) is 18.8. The molecule has 0 spiro atoms. The number of halogens is 1. The largest absolute Gasteiger partial charge is 0.493 e. The Bertz CT molecular complexity index is 1110. The number of benzene rings is 2. The SMILES string of the molecule is COc1cc(-c2noc(C3CC(=O)N(c4ccc(F)cc4C)C3)n2)ccc1OC(C)C. The molecule has 1 fully saturated rings. The van der Waals surface area contributed by atoms with Crippen molar-refractivity contribution in [2.24, 2.45) is 0 Å². The van der Waals surface area contributed by atoms with Crippen LogP contribution in [0.5, 0.6) is 11.5 Å². The summed E-state index contributed by atoms with van der Waals surface area (Å²) in [5.74, 6) is 1.40. The molecular weight excluding hydrogens is 401 g/mol. The lowest BCUT2D eigenvalue weighted by Crippen LogP contribution is -2.25. The van der Waals surface area contributed by atoms with E-state index in [0.717, 1.165) is 5.56 Å². The lowest BCUT2D eigenvalue weighted by atomic mass is 10.1. The van der Waals surface area contributed by atoms with E-state index in [0.29, 0.717) is 41.0 Å². The van der Waals surface area contributed by atoms with Gasteiger partial charge in [-0.15, -0.1) is 0 Å². The number of nitrogens with zero attached hydrogens (tertiary/aromatic N) is 3. The third-order valence-electron chi connectivity index (χ3n) is 5.15. The van der Waals surface area contributed by atoms with Gasteiger partial charge in [0.25, 0.3) is 0 Å². The first-order valence-electron chi connectivity index (χ1n) is 10.1. The smallest absolute Gasteiger partial charge is 0.232 e. The van der Waals surface area contributed by atoms with E-state index >= 15 is 0 Å². The molecule has 3 aromatic rings. The minimum absolute atomic E-state index is 0.0177. The van der Waals surface area contributed by atoms with E-state index < -0.39 is 0 Å². The number of amides is 1. The second-order valence-corrected chi connectivity index (χ2v) is 7.82. The molecule has 1 aliphatic heterocycles. The Morgan fingerprint density at radius 2 is 2.00 bits per heavy atom. The molecule has 1 atom stereocenters. The maximum absolute atomic E-state index is 13.4. The molecule has 8 heteroatoms. The number of aromatic nitrogens is 2. The van der Waals surface area contributed by atoms with E-state index in [2.05, 4.69) is 10.1 Å². The molecule has 1 saturated heterocycles. The highest BCUT2D eigenvalue weighted by Gasteiger charge is 2.35. The van der Waals surface area contributed by atoms with Gasteiger partial charge in [-0.2, -0.15) is 4.98 Å². The average Bonchev–Trinajstić information content (AvgIpc) is 3.35. The topological polar surface area (TPSA) is 77.7 Å². The van der Waals surface area contributed by atoms with Gasteiger partial charge in [-0.05, 0) is 62.7 Å². The normalized spacial score (nSPS) is 16.3. The van der Waals surface area contributed by atoms with E-state index in [1.165, 1.54) is 12.1 Å². The van der Waals surface area contributed by atoms with Crippen molar-refractivity contribution < 1.29 is 23.2 Å². The summed E-state index contributed by atoms with van der Waals surface area (Å²) < 4.78 is 30.1. The molecule has 4 rings (SSSR count). The zero-order valence-corrected chi connectivity index (χ0v) is 17.9. The van der Waals surface area contributed by atoms with E-state index in [1.54, 1.807) is 31.1 Å². The van der Waals surface area contributed by atoms with Crippen LogP contribution in [0.25, 0.3) is 11.4 Å². The number of rotatable bonds is 6. The number of carbonyl (C=O) groups is 1. The van der Waals surface area contributed by atoms with Crippen LogP contribution < -0.4 is 14.4 Å². The van der Waals surface area contributed by atoms with Crippen LogP contribution in [0, 0.1) is 12.7 Å². The lowest BCUT2D eigenvalue weighted by Gasteiger charge is -2.18. The summed E-state index contributed by atoms with van der Waals surface area (Å²) in [7, 11) is 1.57. The Balaban J connectivity index is 1.55. The summed E-state index contributed by atoms with van der Waals surface area (Å²) in [5, 5.41) is 4.09. The van der Waals surface area contributed by atoms with Crippen LogP contribution in [-0.4, -0.2) is 35.8 Å². The van der Waals surface area contributed by atoms with E-state index in [1.807, 2.05) is 26.0 Å². The lowest BCUT2D eigenvalue weighted by molar-refractivity contribution is -0.117. The zero-order valence-electron chi connectivity index (χ0n) is 17.9. The fraction of sp³-hybridized carbons (Fsp3) is 0.348. The van der Waals surface area contributed by atoms with Gasteiger partial charge in [-0.1, -0.05) is 5.16 Å². The molecule has 1 amide bonds. The summed E-state index contributed by atoms with van der Waals surface area (Å²) in [6, 6.07) is 9.83. The fourth-order valence-electron chi connectivity index (χ4n) is 3.70. The van der Waals surface area contributed by atoms with Gasteiger partial charge in [-0.25, -0.2) is 4.39 Å². The van der Waals surface area contributed by atoms with Gasteiger partial charge in [0.05, 0.1) is 19.1 Å². The second kappa shape index (κ2) is 8.37. The molecular formula is C23H24FN3O4. The first kappa shape index (κ1) is 20.8. The van der Waals surface area contributed by atoms with Crippen molar-refractivity contribution in [2.45, 2.75) is 39.2 Å². The van der Waals surface area contributed by atoms with E-state index in [-0.39, 0.29) is 30.2 Å². The number of carbonyl (C=O) groups excluding carboxylic acids is 1. The molecule has 31 heavy (non-hydrogen) atoms. The van der Waals surface area contributed by atoms with Gasteiger partial charge in [0, 0.05) is 24.2 Å². The van der Waals surface area contributed by atoms with Gasteiger partial charge < -0.3 is 18.9 Å². The van der Waals surface area contributed by atoms with Gasteiger partial charge in [0.15, 0.2) is 11.5 Å². The number of hydrogen-bond donors (Lipinski definition) is 0. The Kier molecular flexibility index (Phi) is 5.63. The third-order valence-corrected chi connectivity index (χ3v) is 5.15. The number of aryl methyl sites for hydroxylation is 1. The van der Waals surface area contributed by atoms with Crippen molar-refractivity contribution in [2.75, 3.05) is 18.6 Å². The molecule has 2 heterocycles. The Hall–Kier alpha value is -3.42. The molecule has 7 nitrogen and oxygen atoms in total. The number of ether oxygens (including phenoxy) is 2. The summed E-state index contributed by atoms with van der Waals surface area (Å²) >= 11 is 0. The standard InChI is InChI=1S/C23H24FN3O4/c1-13(2)30-19-8-5-15(10-20(19)29-4)22-25-23(31-26-22)16-11-21(28)27(12-16)18-7-6-17(24)9-14(18)3/h5-10,13,16H,11-12H2,1-4H3. The molecule has 0 saturated carbocycles. The summed E-state index contributed by atoms with van der Waals surface area (Å²) in [6.45, 7) is 6.07. The monoisotopic (exact) mass is 425 g/mol. The molecule has 0 bridgehead atoms. The van der Waals surface area contributed by atoms with Crippen molar-refractivity contribution in [3.63, 3.8) is 0 Å². The number of hydrogen-bond acceptors (Lipinski definition) is 6. The van der Waals surface area contributed by atoms with Gasteiger partial charge in [0.2, 0.25) is 17.6 Å². The fourth-order valence-corrected chi connectivity index (χ4v) is 3.70. The van der Waals surface area contributed by atoms with Crippen molar-refractivity contribution >= 4 is 11.6 Å². The third kappa shape index (κ3) is 4.23. The molecule has 2 aromatic carbocycles. The zero-order chi connectivity index (χ0) is 22.1. The minimum atomic E-state index is -0.328. The molecule has 0 aliphatic carbocycles. The first-order chi connectivity index (χ1) is 14.9. The Morgan fingerprint density at radius 1 is 1.19 bits per heavy atom. The highest BCUT2D eigenvalue weighted by molar-refractivity contribution is 5.97. The predicted molar refractivity (Wildman–Crippen MR) is 113 cm³/mol. The van der Waals surface area contributed by atoms with Crippen LogP contribution in [-0.2, 0) is 4.79 Å². The minimum Gasteiger partial charge on any atom is -0.493 e. The van der Waals surface area contributed by atoms with Crippen molar-refractivity contribution in [1.29, 1.82) is 0 Å². The Morgan fingerprint density at radius 3 is 2.71 bits per heavy atom. The van der Waals surface area contributed by atoms with Crippen LogP contribution in [0.2, 0.25) is 0 Å². The molecule has 0 radical (unpaired) electrons. The van der Waals surface area contributed by atoms with Gasteiger partial charge >= 0.3 is 0 Å². The first-order valence-corrected chi connectivity index (χ1v) is 10.1. The predicted octanol–water partition coefficient (Wildman–Crippen LogP) is 4.50. The highest BCUT2D eigenvalue weighted by Crippen LogP contribution is 2.35. The summed E-state index contributed by atoms with van der Waals surface area (Å²) in [6.07, 6.45) is 0.271. The van der Waals surface area contributed by atoms with Gasteiger partial charge in [0.1, 0.15) is 5.82 Å². The van der Waals surface area contributed by atoms with Crippen molar-refractivity contribution in [3.05, 3.63) is 53.7 Å². The number of methoxy groups -OCH3 is 1. The van der Waals surface area contributed by atoms with Gasteiger partial charge in [-0.3, -0.25) is 4.79 Å². The molecule has 1 aliphatic rings. The molecule has 1 aromatic heterocycles. The maximum Gasteiger partial charge on any atom is 0.232 e. The van der Waals surface area contributed by atoms with Crippen LogP contribution in [0.4, 0.5) is 10.1 Å².